The fourth-order valence-corrected chi connectivity index (χ4v) is 2.19. The molecule has 0 radical (unpaired) electrons. The second-order valence-corrected chi connectivity index (χ2v) is 5.73. The molecule has 3 N–H and O–H groups in total. The zero-order valence-corrected chi connectivity index (χ0v) is 13.2. The summed E-state index contributed by atoms with van der Waals surface area (Å²) in [6, 6.07) is 11.7. The first-order chi connectivity index (χ1) is 12.0. The van der Waals surface area contributed by atoms with Crippen LogP contribution < -0.4 is 16.2 Å². The van der Waals surface area contributed by atoms with E-state index >= 15 is 0 Å². The quantitative estimate of drug-likeness (QED) is 0.746. The third kappa shape index (κ3) is 4.20. The van der Waals surface area contributed by atoms with Crippen molar-refractivity contribution in [2.75, 3.05) is 5.32 Å². The Morgan fingerprint density at radius 2 is 1.52 bits per heavy atom. The number of hydrogen-bond acceptors (Lipinski definition) is 3. The maximum atomic E-state index is 13.5. The molecule has 3 amide bonds. The summed E-state index contributed by atoms with van der Waals surface area (Å²) in [5, 5.41) is 2.77. The van der Waals surface area contributed by atoms with Gasteiger partial charge in [0.1, 0.15) is 5.82 Å². The molecule has 2 aromatic rings. The van der Waals surface area contributed by atoms with Crippen LogP contribution in [0.2, 0.25) is 0 Å². The molecule has 0 spiro atoms. The first-order valence-electron chi connectivity index (χ1n) is 7.81. The maximum Gasteiger partial charge on any atom is 0.272 e. The summed E-state index contributed by atoms with van der Waals surface area (Å²) in [6.07, 6.45) is 1.82. The van der Waals surface area contributed by atoms with Gasteiger partial charge in [-0.2, -0.15) is 0 Å². The molecule has 6 nitrogen and oxygen atoms in total. The molecule has 1 saturated carbocycles. The summed E-state index contributed by atoms with van der Waals surface area (Å²) in [5.74, 6) is -1.90. The molecule has 0 aromatic heterocycles. The molecule has 0 heterocycles. The van der Waals surface area contributed by atoms with E-state index in [9.17, 15) is 18.8 Å². The van der Waals surface area contributed by atoms with E-state index in [4.69, 9.17) is 0 Å². The lowest BCUT2D eigenvalue weighted by molar-refractivity contribution is -0.117. The van der Waals surface area contributed by atoms with Crippen LogP contribution in [0.5, 0.6) is 0 Å². The molecule has 0 unspecified atom stereocenters. The Morgan fingerprint density at radius 1 is 0.880 bits per heavy atom. The number of nitrogens with one attached hydrogen (secondary N) is 3. The van der Waals surface area contributed by atoms with Gasteiger partial charge in [-0.25, -0.2) is 4.39 Å². The standard InChI is InChI=1S/C18H16FN3O3/c19-15-4-2-1-3-14(15)18(25)22-21-17(24)12-7-9-13(10-8-12)20-16(23)11-5-6-11/h1-4,7-11H,5-6H2,(H,20,23)(H,21,24)(H,22,25). The van der Waals surface area contributed by atoms with Crippen LogP contribution in [0.3, 0.4) is 0 Å². The van der Waals surface area contributed by atoms with Crippen molar-refractivity contribution in [1.29, 1.82) is 0 Å². The second kappa shape index (κ2) is 7.12. The number of hydrazine groups is 1. The zero-order chi connectivity index (χ0) is 17.8. The predicted molar refractivity (Wildman–Crippen MR) is 89.1 cm³/mol. The van der Waals surface area contributed by atoms with E-state index in [0.29, 0.717) is 11.3 Å². The average Bonchev–Trinajstić information content (AvgIpc) is 3.45. The van der Waals surface area contributed by atoms with E-state index in [1.807, 2.05) is 0 Å². The van der Waals surface area contributed by atoms with E-state index in [1.165, 1.54) is 30.3 Å². The maximum absolute atomic E-state index is 13.5. The van der Waals surface area contributed by atoms with Crippen LogP contribution in [0.15, 0.2) is 48.5 Å². The summed E-state index contributed by atoms with van der Waals surface area (Å²) in [7, 11) is 0. The number of rotatable bonds is 4. The van der Waals surface area contributed by atoms with Gasteiger partial charge in [-0.1, -0.05) is 12.1 Å². The van der Waals surface area contributed by atoms with Crippen LogP contribution in [-0.4, -0.2) is 17.7 Å². The van der Waals surface area contributed by atoms with Gasteiger partial charge < -0.3 is 5.32 Å². The third-order valence-corrected chi connectivity index (χ3v) is 3.77. The normalized spacial score (nSPS) is 13.0. The summed E-state index contributed by atoms with van der Waals surface area (Å²) in [5.41, 5.74) is 5.11. The minimum atomic E-state index is -0.750. The highest BCUT2D eigenvalue weighted by Gasteiger charge is 2.29. The van der Waals surface area contributed by atoms with Gasteiger partial charge in [0.05, 0.1) is 5.56 Å². The number of benzene rings is 2. The highest BCUT2D eigenvalue weighted by atomic mass is 19.1. The monoisotopic (exact) mass is 341 g/mol. The van der Waals surface area contributed by atoms with E-state index in [-0.39, 0.29) is 17.4 Å². The molecule has 7 heteroatoms. The Balaban J connectivity index is 1.55. The number of halogens is 1. The van der Waals surface area contributed by atoms with Crippen molar-refractivity contribution in [2.45, 2.75) is 12.8 Å². The average molecular weight is 341 g/mol. The van der Waals surface area contributed by atoms with Crippen molar-refractivity contribution < 1.29 is 18.8 Å². The summed E-state index contributed by atoms with van der Waals surface area (Å²) < 4.78 is 13.5. The molecular formula is C18H16FN3O3. The van der Waals surface area contributed by atoms with Gasteiger partial charge >= 0.3 is 0 Å². The van der Waals surface area contributed by atoms with Crippen LogP contribution in [0.25, 0.3) is 0 Å². The third-order valence-electron chi connectivity index (χ3n) is 3.77. The molecule has 0 atom stereocenters. The molecule has 128 valence electrons. The highest BCUT2D eigenvalue weighted by Crippen LogP contribution is 2.30. The summed E-state index contributed by atoms with van der Waals surface area (Å²) in [4.78, 5) is 35.5. The smallest absolute Gasteiger partial charge is 0.272 e. The predicted octanol–water partition coefficient (Wildman–Crippen LogP) is 2.25. The minimum absolute atomic E-state index is 0.0191. The van der Waals surface area contributed by atoms with Crippen molar-refractivity contribution in [3.8, 4) is 0 Å². The van der Waals surface area contributed by atoms with Crippen LogP contribution in [0.1, 0.15) is 33.6 Å². The van der Waals surface area contributed by atoms with Gasteiger partial charge in [-0.05, 0) is 49.2 Å². The molecule has 1 fully saturated rings. The van der Waals surface area contributed by atoms with Crippen LogP contribution in [-0.2, 0) is 4.79 Å². The van der Waals surface area contributed by atoms with E-state index < -0.39 is 17.6 Å². The summed E-state index contributed by atoms with van der Waals surface area (Å²) in [6.45, 7) is 0. The van der Waals surface area contributed by atoms with E-state index in [2.05, 4.69) is 16.2 Å². The van der Waals surface area contributed by atoms with E-state index in [1.54, 1.807) is 12.1 Å². The van der Waals surface area contributed by atoms with Crippen molar-refractivity contribution >= 4 is 23.4 Å². The van der Waals surface area contributed by atoms with Gasteiger partial charge in [-0.15, -0.1) is 0 Å². The first-order valence-corrected chi connectivity index (χ1v) is 7.81. The first kappa shape index (κ1) is 16.6. The molecule has 1 aliphatic carbocycles. The van der Waals surface area contributed by atoms with Gasteiger partial charge in [0, 0.05) is 17.2 Å². The van der Waals surface area contributed by atoms with Gasteiger partial charge in [0.2, 0.25) is 5.91 Å². The Hall–Kier alpha value is -3.22. The lowest BCUT2D eigenvalue weighted by atomic mass is 10.2. The highest BCUT2D eigenvalue weighted by molar-refractivity contribution is 5.99. The fraction of sp³-hybridized carbons (Fsp3) is 0.167. The number of carbonyl (C=O) groups excluding carboxylic acids is 3. The molecule has 25 heavy (non-hydrogen) atoms. The Kier molecular flexibility index (Phi) is 4.74. The topological polar surface area (TPSA) is 87.3 Å². The number of hydrogen-bond donors (Lipinski definition) is 3. The molecular weight excluding hydrogens is 325 g/mol. The molecule has 0 bridgehead atoms. The van der Waals surface area contributed by atoms with Crippen molar-refractivity contribution in [2.24, 2.45) is 5.92 Å². The van der Waals surface area contributed by atoms with Gasteiger partial charge in [0.25, 0.3) is 11.8 Å². The molecule has 2 aromatic carbocycles. The van der Waals surface area contributed by atoms with Crippen LogP contribution >= 0.6 is 0 Å². The van der Waals surface area contributed by atoms with Gasteiger partial charge in [-0.3, -0.25) is 25.2 Å². The van der Waals surface area contributed by atoms with Crippen LogP contribution in [0.4, 0.5) is 10.1 Å². The number of anilines is 1. The lowest BCUT2D eigenvalue weighted by Gasteiger charge is -2.09. The number of amides is 3. The Morgan fingerprint density at radius 3 is 2.16 bits per heavy atom. The fourth-order valence-electron chi connectivity index (χ4n) is 2.19. The minimum Gasteiger partial charge on any atom is -0.326 e. The SMILES string of the molecule is O=C(NNC(=O)c1ccccc1F)c1ccc(NC(=O)C2CC2)cc1. The Labute approximate surface area is 143 Å². The molecule has 3 rings (SSSR count). The molecule has 1 aliphatic rings. The number of carbonyl (C=O) groups is 3. The molecule has 0 saturated heterocycles. The zero-order valence-electron chi connectivity index (χ0n) is 13.2. The van der Waals surface area contributed by atoms with Crippen molar-refractivity contribution in [1.82, 2.24) is 10.9 Å². The second-order valence-electron chi connectivity index (χ2n) is 5.73. The summed E-state index contributed by atoms with van der Waals surface area (Å²) >= 11 is 0. The van der Waals surface area contributed by atoms with E-state index in [0.717, 1.165) is 18.9 Å². The van der Waals surface area contributed by atoms with Crippen LogP contribution in [0, 0.1) is 11.7 Å². The van der Waals surface area contributed by atoms with Gasteiger partial charge in [0.15, 0.2) is 0 Å². The lowest BCUT2D eigenvalue weighted by Crippen LogP contribution is -2.41. The van der Waals surface area contributed by atoms with Crippen molar-refractivity contribution in [3.63, 3.8) is 0 Å². The van der Waals surface area contributed by atoms with Crippen molar-refractivity contribution in [3.05, 3.63) is 65.5 Å². The largest absolute Gasteiger partial charge is 0.326 e. The molecule has 0 aliphatic heterocycles. The Bertz CT molecular complexity index is 817.